The number of fused-ring (bicyclic) bond motifs is 1. The molecule has 0 saturated carbocycles. The lowest BCUT2D eigenvalue weighted by molar-refractivity contribution is 0.122. The van der Waals surface area contributed by atoms with E-state index >= 15 is 0 Å². The van der Waals surface area contributed by atoms with Crippen molar-refractivity contribution in [1.29, 1.82) is 0 Å². The number of aromatic nitrogens is 4. The molecule has 1 aliphatic rings. The highest BCUT2D eigenvalue weighted by Crippen LogP contribution is 2.27. The van der Waals surface area contributed by atoms with Gasteiger partial charge in [-0.2, -0.15) is 15.2 Å². The third-order valence-electron chi connectivity index (χ3n) is 5.34. The Morgan fingerprint density at radius 3 is 2.81 bits per heavy atom. The summed E-state index contributed by atoms with van der Waals surface area (Å²) in [6, 6.07) is 12.6. The number of hydrogen-bond acceptors (Lipinski definition) is 8. The van der Waals surface area contributed by atoms with E-state index in [0.717, 1.165) is 22.2 Å². The number of hydrogen-bond donors (Lipinski definition) is 2. The van der Waals surface area contributed by atoms with Crippen molar-refractivity contribution in [1.82, 2.24) is 20.2 Å². The molecule has 0 bridgehead atoms. The minimum Gasteiger partial charge on any atom is -0.378 e. The summed E-state index contributed by atoms with van der Waals surface area (Å²) < 4.78 is 19.8. The van der Waals surface area contributed by atoms with Crippen LogP contribution in [0.3, 0.4) is 0 Å². The first-order valence-electron chi connectivity index (χ1n) is 10.4. The number of anilines is 5. The molecule has 1 saturated heterocycles. The Morgan fingerprint density at radius 1 is 1.06 bits per heavy atom. The smallest absolute Gasteiger partial charge is 0.229 e. The van der Waals surface area contributed by atoms with Crippen LogP contribution < -0.4 is 15.5 Å². The molecule has 1 aliphatic heterocycles. The fourth-order valence-corrected chi connectivity index (χ4v) is 3.72. The maximum atomic E-state index is 14.4. The molecule has 2 aromatic heterocycles. The molecular weight excluding hydrogens is 409 g/mol. The van der Waals surface area contributed by atoms with Gasteiger partial charge in [0.15, 0.2) is 0 Å². The first-order chi connectivity index (χ1) is 15.7. The Kier molecular flexibility index (Phi) is 5.47. The standard InChI is InChI=1S/C23H22FN7O/c1-15-3-2-4-17-19(14-26-30-22(15)17)28-21-7-8-25-23(29-21)27-16-5-6-18(24)20(13-16)31-9-11-32-12-10-31/h2-8,13-14H,9-12H2,1H3,(H2,25,27,28,29,30). The van der Waals surface area contributed by atoms with Crippen LogP contribution in [0.25, 0.3) is 10.9 Å². The summed E-state index contributed by atoms with van der Waals surface area (Å²) in [6.07, 6.45) is 3.33. The third kappa shape index (κ3) is 4.15. The molecule has 3 heterocycles. The molecule has 0 aliphatic carbocycles. The predicted octanol–water partition coefficient (Wildman–Crippen LogP) is 4.19. The van der Waals surface area contributed by atoms with Gasteiger partial charge in [0.25, 0.3) is 0 Å². The van der Waals surface area contributed by atoms with Crippen LogP contribution in [0.5, 0.6) is 0 Å². The predicted molar refractivity (Wildman–Crippen MR) is 122 cm³/mol. The number of benzene rings is 2. The number of nitrogens with zero attached hydrogens (tertiary/aromatic N) is 5. The van der Waals surface area contributed by atoms with E-state index in [4.69, 9.17) is 4.74 Å². The quantitative estimate of drug-likeness (QED) is 0.486. The number of aryl methyl sites for hydroxylation is 1. The zero-order valence-electron chi connectivity index (χ0n) is 17.5. The minimum atomic E-state index is -0.263. The Morgan fingerprint density at radius 2 is 1.94 bits per heavy atom. The molecule has 0 unspecified atom stereocenters. The van der Waals surface area contributed by atoms with E-state index in [1.807, 2.05) is 30.0 Å². The van der Waals surface area contributed by atoms with Crippen LogP contribution in [0.4, 0.5) is 33.2 Å². The van der Waals surface area contributed by atoms with Crippen molar-refractivity contribution < 1.29 is 9.13 Å². The lowest BCUT2D eigenvalue weighted by Gasteiger charge is -2.29. The number of morpholine rings is 1. The molecule has 9 heteroatoms. The van der Waals surface area contributed by atoms with Crippen LogP contribution in [0, 0.1) is 12.7 Å². The SMILES string of the molecule is Cc1cccc2c(Nc3ccnc(Nc4ccc(F)c(N5CCOCC5)c4)n3)cnnc12. The van der Waals surface area contributed by atoms with Gasteiger partial charge in [0.05, 0.1) is 36.3 Å². The van der Waals surface area contributed by atoms with Crippen LogP contribution in [-0.2, 0) is 4.74 Å². The second-order valence-corrected chi connectivity index (χ2v) is 7.51. The van der Waals surface area contributed by atoms with Crippen molar-refractivity contribution in [3.05, 3.63) is 66.2 Å². The van der Waals surface area contributed by atoms with Gasteiger partial charge in [-0.15, -0.1) is 0 Å². The molecule has 0 spiro atoms. The summed E-state index contributed by atoms with van der Waals surface area (Å²) in [5.74, 6) is 0.743. The molecular formula is C23H22FN7O. The van der Waals surface area contributed by atoms with Crippen molar-refractivity contribution in [3.8, 4) is 0 Å². The summed E-state index contributed by atoms with van der Waals surface area (Å²) in [4.78, 5) is 10.8. The second kappa shape index (κ2) is 8.72. The Labute approximate surface area is 184 Å². The molecule has 2 N–H and O–H groups in total. The van der Waals surface area contributed by atoms with E-state index in [1.54, 1.807) is 30.6 Å². The summed E-state index contributed by atoms with van der Waals surface area (Å²) in [5, 5.41) is 15.8. The largest absolute Gasteiger partial charge is 0.378 e. The van der Waals surface area contributed by atoms with E-state index in [2.05, 4.69) is 30.8 Å². The first-order valence-corrected chi connectivity index (χ1v) is 10.4. The van der Waals surface area contributed by atoms with E-state index in [-0.39, 0.29) is 5.82 Å². The zero-order chi connectivity index (χ0) is 21.9. The normalized spacial score (nSPS) is 13.9. The highest BCUT2D eigenvalue weighted by molar-refractivity contribution is 5.93. The van der Waals surface area contributed by atoms with Crippen LogP contribution in [-0.4, -0.2) is 46.5 Å². The van der Waals surface area contributed by atoms with Gasteiger partial charge in [-0.3, -0.25) is 0 Å². The number of rotatable bonds is 5. The molecule has 8 nitrogen and oxygen atoms in total. The van der Waals surface area contributed by atoms with Gasteiger partial charge < -0.3 is 20.3 Å². The van der Waals surface area contributed by atoms with Crippen LogP contribution in [0.15, 0.2) is 54.9 Å². The summed E-state index contributed by atoms with van der Waals surface area (Å²) in [7, 11) is 0. The fraction of sp³-hybridized carbons (Fsp3) is 0.217. The zero-order valence-corrected chi connectivity index (χ0v) is 17.5. The molecule has 0 amide bonds. The maximum Gasteiger partial charge on any atom is 0.229 e. The maximum absolute atomic E-state index is 14.4. The van der Waals surface area contributed by atoms with Gasteiger partial charge >= 0.3 is 0 Å². The summed E-state index contributed by atoms with van der Waals surface area (Å²) >= 11 is 0. The van der Waals surface area contributed by atoms with Crippen molar-refractivity contribution >= 4 is 39.7 Å². The van der Waals surface area contributed by atoms with Crippen molar-refractivity contribution in [2.75, 3.05) is 41.8 Å². The van der Waals surface area contributed by atoms with Crippen molar-refractivity contribution in [3.63, 3.8) is 0 Å². The number of ether oxygens (including phenoxy) is 1. The average molecular weight is 431 g/mol. The molecule has 32 heavy (non-hydrogen) atoms. The van der Waals surface area contributed by atoms with Crippen molar-refractivity contribution in [2.45, 2.75) is 6.92 Å². The Bertz CT molecular complexity index is 1260. The van der Waals surface area contributed by atoms with Crippen LogP contribution >= 0.6 is 0 Å². The monoisotopic (exact) mass is 431 g/mol. The van der Waals surface area contributed by atoms with E-state index in [0.29, 0.717) is 49.4 Å². The average Bonchev–Trinajstić information content (AvgIpc) is 2.82. The first kappa shape index (κ1) is 20.1. The lowest BCUT2D eigenvalue weighted by Crippen LogP contribution is -2.36. The Hall–Kier alpha value is -3.85. The van der Waals surface area contributed by atoms with Gasteiger partial charge in [-0.25, -0.2) is 9.37 Å². The van der Waals surface area contributed by atoms with E-state index in [1.165, 1.54) is 6.07 Å². The highest BCUT2D eigenvalue weighted by atomic mass is 19.1. The van der Waals surface area contributed by atoms with E-state index in [9.17, 15) is 4.39 Å². The summed E-state index contributed by atoms with van der Waals surface area (Å²) in [5.41, 5.74) is 3.94. The highest BCUT2D eigenvalue weighted by Gasteiger charge is 2.16. The topological polar surface area (TPSA) is 88.1 Å². The van der Waals surface area contributed by atoms with Gasteiger partial charge in [0.2, 0.25) is 5.95 Å². The molecule has 4 aromatic rings. The number of nitrogens with one attached hydrogen (secondary N) is 2. The molecule has 0 atom stereocenters. The molecule has 162 valence electrons. The molecule has 1 fully saturated rings. The van der Waals surface area contributed by atoms with Gasteiger partial charge in [0.1, 0.15) is 11.6 Å². The minimum absolute atomic E-state index is 0.263. The molecule has 0 radical (unpaired) electrons. The molecule has 5 rings (SSSR count). The molecule has 2 aromatic carbocycles. The van der Waals surface area contributed by atoms with Gasteiger partial charge in [-0.05, 0) is 36.8 Å². The van der Waals surface area contributed by atoms with Gasteiger partial charge in [0, 0.05) is 30.4 Å². The third-order valence-corrected chi connectivity index (χ3v) is 5.34. The second-order valence-electron chi connectivity index (χ2n) is 7.51. The van der Waals surface area contributed by atoms with E-state index < -0.39 is 0 Å². The fourth-order valence-electron chi connectivity index (χ4n) is 3.72. The lowest BCUT2D eigenvalue weighted by atomic mass is 10.1. The Balaban J connectivity index is 1.38. The van der Waals surface area contributed by atoms with Crippen LogP contribution in [0.2, 0.25) is 0 Å². The van der Waals surface area contributed by atoms with Crippen LogP contribution in [0.1, 0.15) is 5.56 Å². The number of halogens is 1. The summed E-state index contributed by atoms with van der Waals surface area (Å²) in [6.45, 7) is 4.49. The van der Waals surface area contributed by atoms with Crippen molar-refractivity contribution in [2.24, 2.45) is 0 Å². The van der Waals surface area contributed by atoms with Gasteiger partial charge in [-0.1, -0.05) is 18.2 Å².